The Morgan fingerprint density at radius 2 is 1.69 bits per heavy atom. The summed E-state index contributed by atoms with van der Waals surface area (Å²) in [7, 11) is 2.11. The number of thioether (sulfide) groups is 1. The van der Waals surface area contributed by atoms with E-state index in [0.29, 0.717) is 5.56 Å². The van der Waals surface area contributed by atoms with Crippen LogP contribution in [-0.2, 0) is 0 Å². The van der Waals surface area contributed by atoms with Crippen molar-refractivity contribution in [3.63, 3.8) is 0 Å². The van der Waals surface area contributed by atoms with Crippen LogP contribution < -0.4 is 0 Å². The van der Waals surface area contributed by atoms with E-state index >= 15 is 0 Å². The molecular weight excluding hydrogens is 349 g/mol. The number of piperazine rings is 1. The number of carbonyl (C=O) groups is 1. The lowest BCUT2D eigenvalue weighted by atomic mass is 10.1. The third kappa shape index (κ3) is 5.16. The van der Waals surface area contributed by atoms with Crippen LogP contribution in [0.3, 0.4) is 0 Å². The van der Waals surface area contributed by atoms with Gasteiger partial charge in [0.1, 0.15) is 5.82 Å². The molecule has 0 aromatic heterocycles. The van der Waals surface area contributed by atoms with Crippen molar-refractivity contribution in [3.8, 4) is 0 Å². The molecule has 0 amide bonds. The molecule has 2 aromatic carbocycles. The molecule has 1 heterocycles. The quantitative estimate of drug-likeness (QED) is 0.467. The summed E-state index contributed by atoms with van der Waals surface area (Å²) in [6, 6.07) is 15.5. The summed E-state index contributed by atoms with van der Waals surface area (Å²) in [6.45, 7) is 3.72. The minimum absolute atomic E-state index is 0.0233. The Morgan fingerprint density at radius 3 is 2.35 bits per heavy atom. The number of likely N-dealkylation sites (N-methyl/N-ethyl adjacent to an activating group) is 1. The van der Waals surface area contributed by atoms with E-state index in [-0.39, 0.29) is 17.4 Å². The number of aliphatic imine (C=N–C) groups is 1. The average Bonchev–Trinajstić information content (AvgIpc) is 2.67. The van der Waals surface area contributed by atoms with Gasteiger partial charge in [0.15, 0.2) is 11.0 Å². The van der Waals surface area contributed by atoms with E-state index in [0.717, 1.165) is 37.0 Å². The largest absolute Gasteiger partial charge is 0.349 e. The topological polar surface area (TPSA) is 35.9 Å². The van der Waals surface area contributed by atoms with Crippen LogP contribution in [0.1, 0.15) is 10.4 Å². The molecule has 0 saturated carbocycles. The lowest BCUT2D eigenvalue weighted by Gasteiger charge is -2.34. The molecule has 1 fully saturated rings. The highest BCUT2D eigenvalue weighted by molar-refractivity contribution is 8.14. The molecule has 0 N–H and O–H groups in total. The summed E-state index contributed by atoms with van der Waals surface area (Å²) in [5.74, 6) is -0.0771. The fourth-order valence-corrected chi connectivity index (χ4v) is 3.62. The second kappa shape index (κ2) is 8.96. The number of ketones is 1. The number of para-hydroxylation sites is 1. The number of Topliss-reactive ketones (excluding diaryl/α,β-unsaturated/α-hetero) is 1. The molecule has 136 valence electrons. The summed E-state index contributed by atoms with van der Waals surface area (Å²) in [5.41, 5.74) is 1.40. The van der Waals surface area contributed by atoms with Gasteiger partial charge in [-0.2, -0.15) is 0 Å². The maximum absolute atomic E-state index is 13.0. The van der Waals surface area contributed by atoms with Crippen LogP contribution >= 0.6 is 11.8 Å². The summed E-state index contributed by atoms with van der Waals surface area (Å²) < 4.78 is 13.0. The fraction of sp³-hybridized carbons (Fsp3) is 0.300. The Balaban J connectivity index is 1.72. The normalized spacial score (nSPS) is 15.9. The molecule has 4 nitrogen and oxygen atoms in total. The van der Waals surface area contributed by atoms with E-state index < -0.39 is 0 Å². The van der Waals surface area contributed by atoms with Crippen molar-refractivity contribution in [3.05, 3.63) is 66.0 Å². The van der Waals surface area contributed by atoms with Crippen LogP contribution in [0.25, 0.3) is 0 Å². The lowest BCUT2D eigenvalue weighted by Crippen LogP contribution is -2.46. The van der Waals surface area contributed by atoms with Crippen molar-refractivity contribution in [1.82, 2.24) is 9.80 Å². The van der Waals surface area contributed by atoms with Crippen molar-refractivity contribution in [2.75, 3.05) is 39.0 Å². The number of hydrogen-bond acceptors (Lipinski definition) is 4. The number of rotatable bonds is 4. The van der Waals surface area contributed by atoms with E-state index in [2.05, 4.69) is 16.8 Å². The fourth-order valence-electron chi connectivity index (χ4n) is 2.65. The monoisotopic (exact) mass is 371 g/mol. The standard InChI is InChI=1S/C20H22FN3OS/c1-23-11-13-24(14-12-23)20(22-18-5-3-2-4-6-18)26-15-19(25)16-7-9-17(21)10-8-16/h2-10H,11-15H2,1H3. The predicted octanol–water partition coefficient (Wildman–Crippen LogP) is 3.68. The Labute approximate surface area is 157 Å². The molecule has 0 aliphatic carbocycles. The van der Waals surface area contributed by atoms with Crippen molar-refractivity contribution < 1.29 is 9.18 Å². The van der Waals surface area contributed by atoms with Crippen LogP contribution in [0, 0.1) is 5.82 Å². The molecule has 1 aliphatic heterocycles. The SMILES string of the molecule is CN1CCN(C(=Nc2ccccc2)SCC(=O)c2ccc(F)cc2)CC1. The molecule has 26 heavy (non-hydrogen) atoms. The van der Waals surface area contributed by atoms with Gasteiger partial charge in [0.2, 0.25) is 0 Å². The van der Waals surface area contributed by atoms with Gasteiger partial charge in [-0.15, -0.1) is 0 Å². The Bertz CT molecular complexity index is 756. The summed E-state index contributed by atoms with van der Waals surface area (Å²) >= 11 is 1.45. The van der Waals surface area contributed by atoms with Crippen molar-refractivity contribution >= 4 is 28.4 Å². The van der Waals surface area contributed by atoms with E-state index in [1.54, 1.807) is 0 Å². The second-order valence-corrected chi connectivity index (χ2v) is 7.18. The maximum Gasteiger partial charge on any atom is 0.173 e. The smallest absolute Gasteiger partial charge is 0.173 e. The summed E-state index contributed by atoms with van der Waals surface area (Å²) in [6.07, 6.45) is 0. The van der Waals surface area contributed by atoms with Crippen molar-refractivity contribution in [2.45, 2.75) is 0 Å². The first kappa shape index (κ1) is 18.6. The first-order valence-electron chi connectivity index (χ1n) is 8.60. The highest BCUT2D eigenvalue weighted by Gasteiger charge is 2.19. The number of hydrogen-bond donors (Lipinski definition) is 0. The van der Waals surface area contributed by atoms with Gasteiger partial charge >= 0.3 is 0 Å². The second-order valence-electron chi connectivity index (χ2n) is 6.24. The van der Waals surface area contributed by atoms with Crippen molar-refractivity contribution in [1.29, 1.82) is 0 Å². The average molecular weight is 371 g/mol. The van der Waals surface area contributed by atoms with Crippen LogP contribution in [-0.4, -0.2) is 59.7 Å². The van der Waals surface area contributed by atoms with Gasteiger partial charge in [-0.25, -0.2) is 9.38 Å². The van der Waals surface area contributed by atoms with E-state index in [4.69, 9.17) is 4.99 Å². The molecule has 6 heteroatoms. The first-order chi connectivity index (χ1) is 12.6. The van der Waals surface area contributed by atoms with Crippen LogP contribution in [0.4, 0.5) is 10.1 Å². The highest BCUT2D eigenvalue weighted by atomic mass is 32.2. The van der Waals surface area contributed by atoms with Gasteiger partial charge in [-0.1, -0.05) is 30.0 Å². The van der Waals surface area contributed by atoms with Gasteiger partial charge in [0.05, 0.1) is 11.4 Å². The van der Waals surface area contributed by atoms with Gasteiger partial charge in [0.25, 0.3) is 0 Å². The molecule has 1 aliphatic rings. The molecule has 0 bridgehead atoms. The van der Waals surface area contributed by atoms with Crippen LogP contribution in [0.2, 0.25) is 0 Å². The molecule has 0 atom stereocenters. The predicted molar refractivity (Wildman–Crippen MR) is 106 cm³/mol. The minimum Gasteiger partial charge on any atom is -0.349 e. The molecule has 2 aromatic rings. The minimum atomic E-state index is -0.335. The maximum atomic E-state index is 13.0. The number of amidine groups is 1. The lowest BCUT2D eigenvalue weighted by molar-refractivity contribution is 0.102. The molecule has 0 spiro atoms. The molecule has 3 rings (SSSR count). The number of carbonyl (C=O) groups excluding carboxylic acids is 1. The van der Waals surface area contributed by atoms with Gasteiger partial charge < -0.3 is 9.80 Å². The van der Waals surface area contributed by atoms with E-state index in [9.17, 15) is 9.18 Å². The third-order valence-corrected chi connectivity index (χ3v) is 5.27. The third-order valence-electron chi connectivity index (χ3n) is 4.25. The molecule has 0 radical (unpaired) electrons. The van der Waals surface area contributed by atoms with E-state index in [1.807, 2.05) is 30.3 Å². The van der Waals surface area contributed by atoms with Gasteiger partial charge in [0, 0.05) is 31.7 Å². The van der Waals surface area contributed by atoms with Gasteiger partial charge in [-0.3, -0.25) is 4.79 Å². The zero-order chi connectivity index (χ0) is 18.4. The summed E-state index contributed by atoms with van der Waals surface area (Å²) in [5, 5.41) is 0.861. The van der Waals surface area contributed by atoms with Crippen LogP contribution in [0.15, 0.2) is 59.6 Å². The molecule has 0 unspecified atom stereocenters. The highest BCUT2D eigenvalue weighted by Crippen LogP contribution is 2.20. The number of halogens is 1. The zero-order valence-electron chi connectivity index (χ0n) is 14.8. The zero-order valence-corrected chi connectivity index (χ0v) is 15.6. The van der Waals surface area contributed by atoms with Crippen molar-refractivity contribution in [2.24, 2.45) is 4.99 Å². The molecule has 1 saturated heterocycles. The Kier molecular flexibility index (Phi) is 6.41. The van der Waals surface area contributed by atoms with E-state index in [1.165, 1.54) is 36.0 Å². The molecular formula is C20H22FN3OS. The van der Waals surface area contributed by atoms with Gasteiger partial charge in [-0.05, 0) is 43.4 Å². The number of nitrogens with zero attached hydrogens (tertiary/aromatic N) is 3. The Morgan fingerprint density at radius 1 is 1.04 bits per heavy atom. The summed E-state index contributed by atoms with van der Waals surface area (Å²) in [4.78, 5) is 21.7. The first-order valence-corrected chi connectivity index (χ1v) is 9.59. The van der Waals surface area contributed by atoms with Crippen LogP contribution in [0.5, 0.6) is 0 Å². The number of benzene rings is 2. The Hall–Kier alpha value is -2.18.